The van der Waals surface area contributed by atoms with E-state index in [1.165, 1.54) is 42.5 Å². The third-order valence-corrected chi connectivity index (χ3v) is 2.13. The first kappa shape index (κ1) is 12.0. The predicted octanol–water partition coefficient (Wildman–Crippen LogP) is 3.58. The van der Waals surface area contributed by atoms with Crippen LogP contribution in [-0.4, -0.2) is 6.09 Å². The van der Waals surface area contributed by atoms with Crippen molar-refractivity contribution in [3.8, 4) is 5.75 Å². The number of rotatable bonds is 2. The maximum absolute atomic E-state index is 13.2. The van der Waals surface area contributed by atoms with Crippen LogP contribution >= 0.6 is 0 Å². The molecule has 0 aliphatic rings. The SMILES string of the molecule is O=C(Nc1ccc(F)cc1)Oc1ccccc1F. The van der Waals surface area contributed by atoms with E-state index in [4.69, 9.17) is 4.74 Å². The largest absolute Gasteiger partial charge is 0.417 e. The Bertz CT molecular complexity index is 555. The number of carbonyl (C=O) groups excluding carboxylic acids is 1. The summed E-state index contributed by atoms with van der Waals surface area (Å²) >= 11 is 0. The average Bonchev–Trinajstić information content (AvgIpc) is 2.35. The average molecular weight is 249 g/mol. The van der Waals surface area contributed by atoms with Crippen LogP contribution in [0.1, 0.15) is 0 Å². The van der Waals surface area contributed by atoms with Crippen LogP contribution in [0, 0.1) is 11.6 Å². The van der Waals surface area contributed by atoms with E-state index in [9.17, 15) is 13.6 Å². The zero-order chi connectivity index (χ0) is 13.0. The number of halogens is 2. The summed E-state index contributed by atoms with van der Waals surface area (Å²) in [6, 6.07) is 10.7. The number of para-hydroxylation sites is 1. The second kappa shape index (κ2) is 5.27. The summed E-state index contributed by atoms with van der Waals surface area (Å²) in [4.78, 5) is 11.4. The van der Waals surface area contributed by atoms with Crippen LogP contribution in [0.4, 0.5) is 19.3 Å². The normalized spacial score (nSPS) is 9.89. The molecule has 0 aromatic heterocycles. The van der Waals surface area contributed by atoms with Crippen LogP contribution in [0.25, 0.3) is 0 Å². The van der Waals surface area contributed by atoms with Crippen LogP contribution in [0.15, 0.2) is 48.5 Å². The Morgan fingerprint density at radius 1 is 1.00 bits per heavy atom. The first-order chi connectivity index (χ1) is 8.65. The highest BCUT2D eigenvalue weighted by molar-refractivity contribution is 5.86. The highest BCUT2D eigenvalue weighted by atomic mass is 19.1. The molecule has 0 spiro atoms. The van der Waals surface area contributed by atoms with E-state index in [-0.39, 0.29) is 5.75 Å². The lowest BCUT2D eigenvalue weighted by Crippen LogP contribution is -2.17. The third kappa shape index (κ3) is 3.04. The highest BCUT2D eigenvalue weighted by Crippen LogP contribution is 2.16. The van der Waals surface area contributed by atoms with Crippen LogP contribution in [-0.2, 0) is 0 Å². The Morgan fingerprint density at radius 3 is 2.33 bits per heavy atom. The van der Waals surface area contributed by atoms with Crippen molar-refractivity contribution in [1.82, 2.24) is 0 Å². The van der Waals surface area contributed by atoms with E-state index in [0.717, 1.165) is 0 Å². The van der Waals surface area contributed by atoms with Crippen molar-refractivity contribution >= 4 is 11.8 Å². The Morgan fingerprint density at radius 2 is 1.67 bits per heavy atom. The van der Waals surface area contributed by atoms with Gasteiger partial charge in [-0.25, -0.2) is 13.6 Å². The summed E-state index contributed by atoms with van der Waals surface area (Å²) in [6.45, 7) is 0. The molecule has 0 fully saturated rings. The van der Waals surface area contributed by atoms with Crippen LogP contribution in [0.2, 0.25) is 0 Å². The summed E-state index contributed by atoms with van der Waals surface area (Å²) in [5, 5.41) is 2.35. The first-order valence-corrected chi connectivity index (χ1v) is 5.14. The number of ether oxygens (including phenoxy) is 1. The van der Waals surface area contributed by atoms with E-state index in [1.54, 1.807) is 6.07 Å². The summed E-state index contributed by atoms with van der Waals surface area (Å²) in [7, 11) is 0. The zero-order valence-corrected chi connectivity index (χ0v) is 9.19. The Hall–Kier alpha value is -2.43. The Balaban J connectivity index is 2.01. The molecule has 0 aliphatic carbocycles. The summed E-state index contributed by atoms with van der Waals surface area (Å²) in [5.41, 5.74) is 0.359. The molecule has 18 heavy (non-hydrogen) atoms. The smallest absolute Gasteiger partial charge is 0.407 e. The minimum absolute atomic E-state index is 0.169. The summed E-state index contributed by atoms with van der Waals surface area (Å²) in [6.07, 6.45) is -0.841. The van der Waals surface area contributed by atoms with Crippen molar-refractivity contribution in [1.29, 1.82) is 0 Å². The number of hydrogen-bond acceptors (Lipinski definition) is 2. The van der Waals surface area contributed by atoms with Gasteiger partial charge in [0.1, 0.15) is 5.82 Å². The van der Waals surface area contributed by atoms with Crippen molar-refractivity contribution in [2.75, 3.05) is 5.32 Å². The van der Waals surface area contributed by atoms with Crippen LogP contribution in [0.3, 0.4) is 0 Å². The molecular weight excluding hydrogens is 240 g/mol. The minimum atomic E-state index is -0.841. The lowest BCUT2D eigenvalue weighted by atomic mass is 10.3. The molecule has 5 heteroatoms. The van der Waals surface area contributed by atoms with E-state index >= 15 is 0 Å². The van der Waals surface area contributed by atoms with E-state index in [2.05, 4.69) is 5.32 Å². The molecule has 1 N–H and O–H groups in total. The minimum Gasteiger partial charge on any atom is -0.407 e. The first-order valence-electron chi connectivity index (χ1n) is 5.14. The van der Waals surface area contributed by atoms with Crippen LogP contribution < -0.4 is 10.1 Å². The molecular formula is C13H9F2NO2. The molecule has 0 aliphatic heterocycles. The highest BCUT2D eigenvalue weighted by Gasteiger charge is 2.08. The topological polar surface area (TPSA) is 38.3 Å². The van der Waals surface area contributed by atoms with Gasteiger partial charge in [0.15, 0.2) is 11.6 Å². The lowest BCUT2D eigenvalue weighted by Gasteiger charge is -2.06. The molecule has 0 unspecified atom stereocenters. The number of carbonyl (C=O) groups is 1. The van der Waals surface area contributed by atoms with Gasteiger partial charge in [0.2, 0.25) is 0 Å². The standard InChI is InChI=1S/C13H9F2NO2/c14-9-5-7-10(8-6-9)16-13(17)18-12-4-2-1-3-11(12)15/h1-8H,(H,16,17). The molecule has 2 aromatic rings. The van der Waals surface area contributed by atoms with Crippen molar-refractivity contribution < 1.29 is 18.3 Å². The quantitative estimate of drug-likeness (QED) is 0.883. The number of amides is 1. The monoisotopic (exact) mass is 249 g/mol. The molecule has 0 radical (unpaired) electrons. The molecule has 0 heterocycles. The number of anilines is 1. The van der Waals surface area contributed by atoms with Crippen molar-refractivity contribution in [3.63, 3.8) is 0 Å². The second-order valence-electron chi connectivity index (χ2n) is 3.45. The molecule has 0 saturated carbocycles. The molecule has 92 valence electrons. The van der Waals surface area contributed by atoms with Crippen molar-refractivity contribution in [3.05, 3.63) is 60.2 Å². The van der Waals surface area contributed by atoms with Gasteiger partial charge in [0.25, 0.3) is 0 Å². The van der Waals surface area contributed by atoms with Gasteiger partial charge in [-0.05, 0) is 36.4 Å². The van der Waals surface area contributed by atoms with Gasteiger partial charge >= 0.3 is 6.09 Å². The van der Waals surface area contributed by atoms with Gasteiger partial charge in [0, 0.05) is 5.69 Å². The fourth-order valence-electron chi connectivity index (χ4n) is 1.30. The fourth-order valence-corrected chi connectivity index (χ4v) is 1.30. The van der Waals surface area contributed by atoms with Gasteiger partial charge in [-0.3, -0.25) is 5.32 Å². The van der Waals surface area contributed by atoms with Gasteiger partial charge in [-0.2, -0.15) is 0 Å². The van der Waals surface area contributed by atoms with Gasteiger partial charge in [-0.1, -0.05) is 12.1 Å². The molecule has 2 aromatic carbocycles. The molecule has 0 saturated heterocycles. The zero-order valence-electron chi connectivity index (χ0n) is 9.19. The third-order valence-electron chi connectivity index (χ3n) is 2.13. The van der Waals surface area contributed by atoms with Crippen molar-refractivity contribution in [2.24, 2.45) is 0 Å². The maximum Gasteiger partial charge on any atom is 0.417 e. The summed E-state index contributed by atoms with van der Waals surface area (Å²) < 4.78 is 30.6. The van der Waals surface area contributed by atoms with Gasteiger partial charge in [-0.15, -0.1) is 0 Å². The lowest BCUT2D eigenvalue weighted by molar-refractivity contribution is 0.213. The van der Waals surface area contributed by atoms with Gasteiger partial charge < -0.3 is 4.74 Å². The molecule has 0 atom stereocenters. The number of hydrogen-bond donors (Lipinski definition) is 1. The number of benzene rings is 2. The molecule has 1 amide bonds. The van der Waals surface area contributed by atoms with Crippen molar-refractivity contribution in [2.45, 2.75) is 0 Å². The maximum atomic E-state index is 13.2. The Kier molecular flexibility index (Phi) is 3.52. The van der Waals surface area contributed by atoms with E-state index in [0.29, 0.717) is 5.69 Å². The van der Waals surface area contributed by atoms with E-state index < -0.39 is 17.7 Å². The molecule has 3 nitrogen and oxygen atoms in total. The fraction of sp³-hybridized carbons (Fsp3) is 0. The predicted molar refractivity (Wildman–Crippen MR) is 62.4 cm³/mol. The van der Waals surface area contributed by atoms with Gasteiger partial charge in [0.05, 0.1) is 0 Å². The molecule has 0 bridgehead atoms. The molecule has 2 rings (SSSR count). The van der Waals surface area contributed by atoms with E-state index in [1.807, 2.05) is 0 Å². The Labute approximate surface area is 102 Å². The second-order valence-corrected chi connectivity index (χ2v) is 3.45. The summed E-state index contributed by atoms with van der Waals surface area (Å²) in [5.74, 6) is -1.22. The van der Waals surface area contributed by atoms with Crippen LogP contribution in [0.5, 0.6) is 5.75 Å². The number of nitrogens with one attached hydrogen (secondary N) is 1.